The van der Waals surface area contributed by atoms with Gasteiger partial charge in [0, 0.05) is 6.08 Å². The summed E-state index contributed by atoms with van der Waals surface area (Å²) in [5.74, 6) is -2.38. The fourth-order valence-electron chi connectivity index (χ4n) is 2.66. The van der Waals surface area contributed by atoms with Gasteiger partial charge in [0.2, 0.25) is 0 Å². The van der Waals surface area contributed by atoms with Crippen LogP contribution in [0.4, 0.5) is 0 Å². The van der Waals surface area contributed by atoms with E-state index >= 15 is 0 Å². The van der Waals surface area contributed by atoms with E-state index in [1.807, 2.05) is 58.9 Å². The largest absolute Gasteiger partial charge is 0.518 e. The van der Waals surface area contributed by atoms with Crippen molar-refractivity contribution in [3.63, 3.8) is 0 Å². The van der Waals surface area contributed by atoms with Crippen molar-refractivity contribution < 1.29 is 36.9 Å². The van der Waals surface area contributed by atoms with E-state index in [1.165, 1.54) is 0 Å². The van der Waals surface area contributed by atoms with Crippen LogP contribution in [0.25, 0.3) is 0 Å². The maximum atomic E-state index is 13.2. The molecule has 0 aliphatic carbocycles. The number of ether oxygens (including phenoxy) is 1. The predicted octanol–water partition coefficient (Wildman–Crippen LogP) is 3.17. The molecule has 2 N–H and O–H groups in total. The van der Waals surface area contributed by atoms with Gasteiger partial charge in [-0.3, -0.25) is 0 Å². The highest BCUT2D eigenvalue weighted by Gasteiger charge is 2.72. The summed E-state index contributed by atoms with van der Waals surface area (Å²) in [6.07, 6.45) is -0.278. The molecular formula is C18H40O8Si4. The summed E-state index contributed by atoms with van der Waals surface area (Å²) < 4.78 is 24.0. The number of hydrogen-bond donors (Lipinski definition) is 2. The smallest absolute Gasteiger partial charge is 0.415 e. The van der Waals surface area contributed by atoms with Crippen molar-refractivity contribution in [2.24, 2.45) is 0 Å². The average molecular weight is 497 g/mol. The maximum Gasteiger partial charge on any atom is 0.518 e. The second-order valence-electron chi connectivity index (χ2n) is 10.2. The van der Waals surface area contributed by atoms with Gasteiger partial charge in [0.15, 0.2) is 25.0 Å². The van der Waals surface area contributed by atoms with Crippen LogP contribution < -0.4 is 0 Å². The first-order valence-corrected chi connectivity index (χ1v) is 22.1. The lowest BCUT2D eigenvalue weighted by Gasteiger charge is -2.49. The van der Waals surface area contributed by atoms with Gasteiger partial charge in [0.05, 0.1) is 6.10 Å². The molecule has 8 nitrogen and oxygen atoms in total. The highest BCUT2D eigenvalue weighted by atomic mass is 28.5. The van der Waals surface area contributed by atoms with Crippen molar-refractivity contribution >= 4 is 45.7 Å². The molecule has 2 unspecified atom stereocenters. The summed E-state index contributed by atoms with van der Waals surface area (Å²) in [7, 11) is -11.8. The van der Waals surface area contributed by atoms with Gasteiger partial charge in [-0.15, -0.1) is 0 Å². The Balaban J connectivity index is 7.06. The van der Waals surface area contributed by atoms with E-state index in [0.717, 1.165) is 6.08 Å². The SMILES string of the molecule is C=CC(=O)OC(=O)C(O)(C(O)CCC)[Si](O[Si](C)(C)C)(O[Si](C)(C)C)O[Si](C)(C)C. The van der Waals surface area contributed by atoms with Crippen LogP contribution in [0.1, 0.15) is 19.8 Å². The van der Waals surface area contributed by atoms with E-state index in [-0.39, 0.29) is 6.42 Å². The third-order valence-electron chi connectivity index (χ3n) is 3.50. The van der Waals surface area contributed by atoms with E-state index in [0.29, 0.717) is 6.42 Å². The van der Waals surface area contributed by atoms with Crippen molar-refractivity contribution in [3.8, 4) is 0 Å². The second-order valence-corrected chi connectivity index (χ2v) is 27.2. The van der Waals surface area contributed by atoms with Crippen molar-refractivity contribution in [2.45, 2.75) is 90.0 Å². The molecule has 0 aliphatic rings. The minimum atomic E-state index is -4.37. The van der Waals surface area contributed by atoms with Crippen LogP contribution in [-0.2, 0) is 26.7 Å². The van der Waals surface area contributed by atoms with Crippen molar-refractivity contribution in [3.05, 3.63) is 12.7 Å². The Morgan fingerprint density at radius 3 is 1.57 bits per heavy atom. The number of aliphatic hydroxyl groups is 2. The molecule has 0 spiro atoms. The molecule has 0 bridgehead atoms. The number of carbonyl (C=O) groups excluding carboxylic acids is 2. The monoisotopic (exact) mass is 496 g/mol. The van der Waals surface area contributed by atoms with Crippen LogP contribution in [0.3, 0.4) is 0 Å². The van der Waals surface area contributed by atoms with E-state index in [9.17, 15) is 19.8 Å². The second kappa shape index (κ2) is 10.4. The van der Waals surface area contributed by atoms with Crippen LogP contribution in [0, 0.1) is 0 Å². The first-order chi connectivity index (χ1) is 13.2. The van der Waals surface area contributed by atoms with Crippen LogP contribution in [-0.4, -0.2) is 67.2 Å². The van der Waals surface area contributed by atoms with Gasteiger partial charge in [-0.25, -0.2) is 9.59 Å². The van der Waals surface area contributed by atoms with E-state index in [2.05, 4.69) is 6.58 Å². The molecule has 30 heavy (non-hydrogen) atoms. The van der Waals surface area contributed by atoms with Crippen LogP contribution in [0.5, 0.6) is 0 Å². The molecule has 0 saturated heterocycles. The van der Waals surface area contributed by atoms with Gasteiger partial charge >= 0.3 is 20.7 Å². The molecule has 0 aliphatic heterocycles. The Morgan fingerprint density at radius 1 is 0.933 bits per heavy atom. The number of rotatable bonds is 12. The predicted molar refractivity (Wildman–Crippen MR) is 126 cm³/mol. The topological polar surface area (TPSA) is 112 Å². The normalized spacial score (nSPS) is 16.5. The van der Waals surface area contributed by atoms with Gasteiger partial charge in [0.1, 0.15) is 0 Å². The highest BCUT2D eigenvalue weighted by Crippen LogP contribution is 2.38. The zero-order chi connectivity index (χ0) is 24.2. The molecular weight excluding hydrogens is 457 g/mol. The first-order valence-electron chi connectivity index (χ1n) is 10.1. The molecule has 0 fully saturated rings. The quantitative estimate of drug-likeness (QED) is 0.183. The zero-order valence-electron chi connectivity index (χ0n) is 20.1. The Morgan fingerprint density at radius 2 is 1.30 bits per heavy atom. The Labute approximate surface area is 185 Å². The lowest BCUT2D eigenvalue weighted by molar-refractivity contribution is -0.176. The van der Waals surface area contributed by atoms with Gasteiger partial charge < -0.3 is 27.3 Å². The lowest BCUT2D eigenvalue weighted by atomic mass is 10.1. The van der Waals surface area contributed by atoms with Crippen molar-refractivity contribution in [1.82, 2.24) is 0 Å². The summed E-state index contributed by atoms with van der Waals surface area (Å²) >= 11 is 0. The summed E-state index contributed by atoms with van der Waals surface area (Å²) in [5.41, 5.74) is 0. The number of esters is 2. The number of aliphatic hydroxyl groups excluding tert-OH is 1. The van der Waals surface area contributed by atoms with E-state index in [4.69, 9.17) is 17.1 Å². The van der Waals surface area contributed by atoms with Crippen LogP contribution in [0.2, 0.25) is 58.9 Å². The van der Waals surface area contributed by atoms with Gasteiger partial charge in [0.25, 0.3) is 5.22 Å². The molecule has 0 saturated carbocycles. The maximum absolute atomic E-state index is 13.2. The van der Waals surface area contributed by atoms with Crippen LogP contribution >= 0.6 is 0 Å². The summed E-state index contributed by atoms with van der Waals surface area (Å²) in [5, 5.41) is 20.2. The van der Waals surface area contributed by atoms with Gasteiger partial charge in [-0.2, -0.15) is 0 Å². The Bertz CT molecular complexity index is 580. The van der Waals surface area contributed by atoms with E-state index in [1.54, 1.807) is 6.92 Å². The van der Waals surface area contributed by atoms with E-state index < -0.39 is 57.0 Å². The third kappa shape index (κ3) is 8.59. The molecule has 2 atom stereocenters. The third-order valence-corrected chi connectivity index (χ3v) is 15.5. The minimum absolute atomic E-state index is 0.0573. The number of hydrogen-bond acceptors (Lipinski definition) is 8. The molecule has 0 radical (unpaired) electrons. The minimum Gasteiger partial charge on any atom is -0.415 e. The summed E-state index contributed by atoms with van der Waals surface area (Å²) in [4.78, 5) is 25.0. The molecule has 0 aromatic heterocycles. The van der Waals surface area contributed by atoms with Crippen molar-refractivity contribution in [1.29, 1.82) is 0 Å². The molecule has 0 heterocycles. The van der Waals surface area contributed by atoms with Crippen molar-refractivity contribution in [2.75, 3.05) is 0 Å². The summed E-state index contributed by atoms with van der Waals surface area (Å²) in [6, 6.07) is 0. The first kappa shape index (κ1) is 29.5. The standard InChI is InChI=1S/C18H40O8Si4/c1-12-14-15(19)18(22,17(21)23-16(20)13-2)30(24-27(3,4)5,25-28(6,7)8)26-29(9,10)11/h13,15,19,22H,2,12,14H2,1,3-11H3. The molecule has 0 aromatic carbocycles. The molecule has 0 aromatic rings. The summed E-state index contributed by atoms with van der Waals surface area (Å²) in [6.45, 7) is 22.0. The van der Waals surface area contributed by atoms with Gasteiger partial charge in [-0.1, -0.05) is 19.9 Å². The average Bonchev–Trinajstić information content (AvgIpc) is 2.48. The molecule has 0 amide bonds. The molecule has 12 heteroatoms. The Hall–Kier alpha value is -0.452. The number of carbonyl (C=O) groups is 2. The zero-order valence-corrected chi connectivity index (χ0v) is 24.1. The van der Waals surface area contributed by atoms with Crippen LogP contribution in [0.15, 0.2) is 12.7 Å². The lowest BCUT2D eigenvalue weighted by Crippen LogP contribution is -2.79. The molecule has 176 valence electrons. The Kier molecular flexibility index (Phi) is 10.3. The molecule has 0 rings (SSSR count). The highest BCUT2D eigenvalue weighted by molar-refractivity contribution is 6.92. The fraction of sp³-hybridized carbons (Fsp3) is 0.778. The van der Waals surface area contributed by atoms with Gasteiger partial charge in [-0.05, 0) is 65.3 Å². The fourth-order valence-corrected chi connectivity index (χ4v) is 16.7.